The molecule has 0 saturated carbocycles. The second-order valence-corrected chi connectivity index (χ2v) is 7.33. The number of nitrogens with zero attached hydrogens (tertiary/aromatic N) is 1. The Balaban J connectivity index is 1.96. The number of rotatable bonds is 9. The molecule has 1 saturated heterocycles. The Labute approximate surface area is 165 Å². The zero-order valence-corrected chi connectivity index (χ0v) is 16.5. The van der Waals surface area contributed by atoms with Crippen LogP contribution in [-0.4, -0.2) is 47.0 Å². The van der Waals surface area contributed by atoms with Gasteiger partial charge in [0.25, 0.3) is 0 Å². The number of carbonyl (C=O) groups excluding carboxylic acids is 2. The molecule has 8 heteroatoms. The molecule has 1 fully saturated rings. The van der Waals surface area contributed by atoms with Gasteiger partial charge in [0.1, 0.15) is 0 Å². The van der Waals surface area contributed by atoms with Crippen molar-refractivity contribution in [3.05, 3.63) is 29.8 Å². The summed E-state index contributed by atoms with van der Waals surface area (Å²) in [6, 6.07) is 6.69. The van der Waals surface area contributed by atoms with E-state index in [9.17, 15) is 19.5 Å². The summed E-state index contributed by atoms with van der Waals surface area (Å²) in [7, 11) is 0. The largest absolute Gasteiger partial charge is 0.481 e. The molecule has 0 aromatic heterocycles. The summed E-state index contributed by atoms with van der Waals surface area (Å²) in [5.74, 6) is -1.21. The van der Waals surface area contributed by atoms with Crippen molar-refractivity contribution in [3.8, 4) is 0 Å². The van der Waals surface area contributed by atoms with Gasteiger partial charge in [0.15, 0.2) is 0 Å². The van der Waals surface area contributed by atoms with Crippen LogP contribution in [0.2, 0.25) is 0 Å². The maximum absolute atomic E-state index is 12.2. The predicted molar refractivity (Wildman–Crippen MR) is 107 cm³/mol. The van der Waals surface area contributed by atoms with Crippen molar-refractivity contribution in [2.45, 2.75) is 52.1 Å². The molecule has 2 rings (SSSR count). The van der Waals surface area contributed by atoms with Gasteiger partial charge in [-0.3, -0.25) is 14.5 Å². The number of nitrogens with two attached hydrogens (primary N) is 1. The first kappa shape index (κ1) is 21.7. The van der Waals surface area contributed by atoms with E-state index in [2.05, 4.69) is 10.6 Å². The third-order valence-corrected chi connectivity index (χ3v) is 5.66. The second kappa shape index (κ2) is 9.54. The van der Waals surface area contributed by atoms with Crippen LogP contribution in [0.25, 0.3) is 0 Å². The Morgan fingerprint density at radius 1 is 1.29 bits per heavy atom. The number of anilines is 1. The number of hydrogen-bond donors (Lipinski definition) is 4. The molecule has 1 aliphatic heterocycles. The summed E-state index contributed by atoms with van der Waals surface area (Å²) >= 11 is 0. The second-order valence-electron chi connectivity index (χ2n) is 7.33. The highest BCUT2D eigenvalue weighted by Gasteiger charge is 2.35. The van der Waals surface area contributed by atoms with Crippen LogP contribution in [0.3, 0.4) is 0 Å². The van der Waals surface area contributed by atoms with E-state index in [1.165, 1.54) is 0 Å². The van der Waals surface area contributed by atoms with Crippen LogP contribution in [0.4, 0.5) is 10.5 Å². The number of benzene rings is 1. The normalized spacial score (nSPS) is 17.3. The van der Waals surface area contributed by atoms with Gasteiger partial charge in [0, 0.05) is 18.8 Å². The number of carboxylic acids is 1. The Morgan fingerprint density at radius 3 is 2.61 bits per heavy atom. The van der Waals surface area contributed by atoms with Crippen molar-refractivity contribution < 1.29 is 19.5 Å². The zero-order valence-electron chi connectivity index (χ0n) is 16.5. The molecule has 0 radical (unpaired) electrons. The van der Waals surface area contributed by atoms with Gasteiger partial charge in [-0.05, 0) is 49.9 Å². The number of amides is 3. The molecule has 5 N–H and O–H groups in total. The summed E-state index contributed by atoms with van der Waals surface area (Å²) in [5, 5.41) is 14.9. The van der Waals surface area contributed by atoms with Crippen LogP contribution in [0, 0.1) is 5.41 Å². The maximum atomic E-state index is 12.2. The molecule has 1 unspecified atom stereocenters. The van der Waals surface area contributed by atoms with E-state index in [0.717, 1.165) is 24.9 Å². The number of carboxylic acid groups (broad SMARTS) is 1. The Hall–Kier alpha value is -2.61. The molecule has 1 aromatic rings. The third kappa shape index (κ3) is 5.22. The Bertz CT molecular complexity index is 718. The highest BCUT2D eigenvalue weighted by molar-refractivity contribution is 5.89. The standard InChI is InChI=1S/C20H30N4O4/c1-3-20(4-2,18(26)27)13-22-19(28)23-15-8-5-7-14(11-15)12-24-10-6-9-16(24)17(21)25/h5,7-8,11,16H,3-4,6,9-10,12-13H2,1-2H3,(H2,21,25)(H,26,27)(H2,22,23,28). The number of primary amides is 1. The summed E-state index contributed by atoms with van der Waals surface area (Å²) in [4.78, 5) is 37.3. The first-order valence-corrected chi connectivity index (χ1v) is 9.72. The van der Waals surface area contributed by atoms with Crippen LogP contribution < -0.4 is 16.4 Å². The molecule has 3 amide bonds. The predicted octanol–water partition coefficient (Wildman–Crippen LogP) is 2.15. The monoisotopic (exact) mass is 390 g/mol. The van der Waals surface area contributed by atoms with E-state index in [1.807, 2.05) is 23.1 Å². The van der Waals surface area contributed by atoms with Crippen molar-refractivity contribution in [2.24, 2.45) is 11.1 Å². The number of carbonyl (C=O) groups is 3. The van der Waals surface area contributed by atoms with Crippen molar-refractivity contribution in [1.82, 2.24) is 10.2 Å². The van der Waals surface area contributed by atoms with Crippen molar-refractivity contribution in [2.75, 3.05) is 18.4 Å². The van der Waals surface area contributed by atoms with Gasteiger partial charge in [0.05, 0.1) is 11.5 Å². The van der Waals surface area contributed by atoms with Crippen molar-refractivity contribution >= 4 is 23.6 Å². The molecule has 1 aromatic carbocycles. The fraction of sp³-hybridized carbons (Fsp3) is 0.550. The van der Waals surface area contributed by atoms with Crippen LogP contribution in [-0.2, 0) is 16.1 Å². The number of nitrogens with one attached hydrogen (secondary N) is 2. The lowest BCUT2D eigenvalue weighted by atomic mass is 9.82. The van der Waals surface area contributed by atoms with Crippen LogP contribution in [0.1, 0.15) is 45.1 Å². The summed E-state index contributed by atoms with van der Waals surface area (Å²) in [6.45, 7) is 5.07. The molecule has 0 aliphatic carbocycles. The van der Waals surface area contributed by atoms with Gasteiger partial charge in [-0.25, -0.2) is 4.79 Å². The molecule has 1 heterocycles. The first-order valence-electron chi connectivity index (χ1n) is 9.72. The smallest absolute Gasteiger partial charge is 0.319 e. The van der Waals surface area contributed by atoms with E-state index < -0.39 is 17.4 Å². The molecule has 154 valence electrons. The average Bonchev–Trinajstić information content (AvgIpc) is 3.11. The highest BCUT2D eigenvalue weighted by Crippen LogP contribution is 2.26. The van der Waals surface area contributed by atoms with Gasteiger partial charge in [-0.15, -0.1) is 0 Å². The highest BCUT2D eigenvalue weighted by atomic mass is 16.4. The van der Waals surface area contributed by atoms with E-state index in [0.29, 0.717) is 25.1 Å². The van der Waals surface area contributed by atoms with Gasteiger partial charge >= 0.3 is 12.0 Å². The minimum absolute atomic E-state index is 0.0644. The molecule has 1 aliphatic rings. The van der Waals surface area contributed by atoms with Crippen LogP contribution in [0.15, 0.2) is 24.3 Å². The van der Waals surface area contributed by atoms with E-state index >= 15 is 0 Å². The number of likely N-dealkylation sites (tertiary alicyclic amines) is 1. The lowest BCUT2D eigenvalue weighted by Gasteiger charge is -2.26. The lowest BCUT2D eigenvalue weighted by Crippen LogP contribution is -2.43. The maximum Gasteiger partial charge on any atom is 0.319 e. The minimum atomic E-state index is -0.960. The molecule has 0 spiro atoms. The molecule has 8 nitrogen and oxygen atoms in total. The summed E-state index contributed by atoms with van der Waals surface area (Å²) < 4.78 is 0. The van der Waals surface area contributed by atoms with Crippen molar-refractivity contribution in [1.29, 1.82) is 0 Å². The quantitative estimate of drug-likeness (QED) is 0.514. The van der Waals surface area contributed by atoms with Crippen LogP contribution >= 0.6 is 0 Å². The Morgan fingerprint density at radius 2 is 2.00 bits per heavy atom. The van der Waals surface area contributed by atoms with Gasteiger partial charge in [0.2, 0.25) is 5.91 Å². The number of urea groups is 1. The van der Waals surface area contributed by atoms with E-state index in [-0.39, 0.29) is 18.5 Å². The van der Waals surface area contributed by atoms with Gasteiger partial charge in [-0.2, -0.15) is 0 Å². The summed E-state index contributed by atoms with van der Waals surface area (Å²) in [5.41, 5.74) is 6.08. The van der Waals surface area contributed by atoms with Crippen LogP contribution in [0.5, 0.6) is 0 Å². The van der Waals surface area contributed by atoms with E-state index in [1.54, 1.807) is 19.9 Å². The van der Waals surface area contributed by atoms with Gasteiger partial charge in [-0.1, -0.05) is 26.0 Å². The molecular weight excluding hydrogens is 360 g/mol. The zero-order chi connectivity index (χ0) is 20.7. The fourth-order valence-electron chi connectivity index (χ4n) is 3.62. The molecule has 1 atom stereocenters. The first-order chi connectivity index (χ1) is 13.3. The molecule has 28 heavy (non-hydrogen) atoms. The van der Waals surface area contributed by atoms with E-state index in [4.69, 9.17) is 5.73 Å². The minimum Gasteiger partial charge on any atom is -0.481 e. The van der Waals surface area contributed by atoms with Crippen molar-refractivity contribution in [3.63, 3.8) is 0 Å². The number of hydrogen-bond acceptors (Lipinski definition) is 4. The Kier molecular flexibility index (Phi) is 7.39. The topological polar surface area (TPSA) is 125 Å². The molecule has 0 bridgehead atoms. The molecular formula is C20H30N4O4. The van der Waals surface area contributed by atoms with Gasteiger partial charge < -0.3 is 21.5 Å². The average molecular weight is 390 g/mol. The fourth-order valence-corrected chi connectivity index (χ4v) is 3.62. The lowest BCUT2D eigenvalue weighted by molar-refractivity contribution is -0.149. The third-order valence-electron chi connectivity index (χ3n) is 5.66. The number of aliphatic carboxylic acids is 1. The SMILES string of the molecule is CCC(CC)(CNC(=O)Nc1cccc(CN2CCCC2C(N)=O)c1)C(=O)O. The summed E-state index contributed by atoms with van der Waals surface area (Å²) in [6.07, 6.45) is 2.58.